The standard InChI is InChI=1S/C7H16N2OP/c1-8(2)5-7(10-11)6-9(3)4/h5-6H,11H2,1-4H3/q+1. The van der Waals surface area contributed by atoms with Crippen LogP contribution in [0.5, 0.6) is 0 Å². The van der Waals surface area contributed by atoms with Gasteiger partial charge in [0.15, 0.2) is 0 Å². The molecule has 0 aromatic heterocycles. The Bertz CT molecular complexity index is 171. The van der Waals surface area contributed by atoms with E-state index < -0.39 is 0 Å². The molecule has 0 fully saturated rings. The van der Waals surface area contributed by atoms with Crippen LogP contribution >= 0.6 is 9.47 Å². The first-order valence-corrected chi connectivity index (χ1v) is 3.79. The van der Waals surface area contributed by atoms with Crippen molar-refractivity contribution in [2.45, 2.75) is 0 Å². The minimum Gasteiger partial charge on any atom is -0.473 e. The minimum absolute atomic E-state index is 0.810. The van der Waals surface area contributed by atoms with Gasteiger partial charge in [-0.2, -0.15) is 0 Å². The van der Waals surface area contributed by atoms with Gasteiger partial charge in [0.2, 0.25) is 12.0 Å². The molecule has 4 heteroatoms. The second kappa shape index (κ2) is 5.14. The monoisotopic (exact) mass is 175 g/mol. The molecule has 0 aromatic carbocycles. The lowest BCUT2D eigenvalue weighted by atomic mass is 10.5. The third kappa shape index (κ3) is 5.86. The highest BCUT2D eigenvalue weighted by molar-refractivity contribution is 7.10. The van der Waals surface area contributed by atoms with E-state index in [0.717, 1.165) is 5.76 Å². The third-order valence-corrected chi connectivity index (χ3v) is 1.18. The first-order valence-electron chi connectivity index (χ1n) is 3.32. The molecule has 0 spiro atoms. The number of rotatable bonds is 3. The van der Waals surface area contributed by atoms with Gasteiger partial charge in [0.05, 0.1) is 9.47 Å². The van der Waals surface area contributed by atoms with E-state index in [1.165, 1.54) is 0 Å². The fraction of sp³-hybridized carbons (Fsp3) is 0.571. The second-order valence-corrected chi connectivity index (χ2v) is 2.94. The van der Waals surface area contributed by atoms with Gasteiger partial charge in [-0.1, -0.05) is 0 Å². The molecule has 0 aliphatic rings. The zero-order valence-corrected chi connectivity index (χ0v) is 8.69. The van der Waals surface area contributed by atoms with E-state index in [1.807, 2.05) is 50.1 Å². The van der Waals surface area contributed by atoms with E-state index in [-0.39, 0.29) is 0 Å². The average Bonchev–Trinajstić information content (AvgIpc) is 1.84. The molecule has 0 rings (SSSR count). The minimum atomic E-state index is 0.810. The van der Waals surface area contributed by atoms with Crippen LogP contribution in [0.4, 0.5) is 0 Å². The van der Waals surface area contributed by atoms with Crippen LogP contribution in [-0.2, 0) is 4.52 Å². The molecule has 0 saturated heterocycles. The SMILES string of the molecule is CN(C)/C=C(/C=[N+](C)C)OP. The summed E-state index contributed by atoms with van der Waals surface area (Å²) in [5.74, 6) is 0.810. The molecule has 1 unspecified atom stereocenters. The molecular weight excluding hydrogens is 159 g/mol. The molecule has 0 aliphatic heterocycles. The molecular formula is C7H16N2OP+. The van der Waals surface area contributed by atoms with Crippen LogP contribution in [0.1, 0.15) is 0 Å². The lowest BCUT2D eigenvalue weighted by molar-refractivity contribution is -0.459. The number of hydrogen-bond donors (Lipinski definition) is 0. The van der Waals surface area contributed by atoms with Crippen molar-refractivity contribution in [1.29, 1.82) is 0 Å². The second-order valence-electron chi connectivity index (χ2n) is 2.71. The predicted octanol–water partition coefficient (Wildman–Crippen LogP) is 0.539. The zero-order chi connectivity index (χ0) is 8.85. The summed E-state index contributed by atoms with van der Waals surface area (Å²) in [6, 6.07) is 0. The van der Waals surface area contributed by atoms with Gasteiger partial charge in [-0.05, 0) is 0 Å². The van der Waals surface area contributed by atoms with Crippen LogP contribution in [0.2, 0.25) is 0 Å². The van der Waals surface area contributed by atoms with Crippen LogP contribution in [0.15, 0.2) is 12.0 Å². The van der Waals surface area contributed by atoms with E-state index >= 15 is 0 Å². The summed E-state index contributed by atoms with van der Waals surface area (Å²) in [5, 5.41) is 0. The molecule has 0 amide bonds. The van der Waals surface area contributed by atoms with E-state index in [4.69, 9.17) is 4.52 Å². The molecule has 0 aliphatic carbocycles. The van der Waals surface area contributed by atoms with Crippen molar-refractivity contribution < 1.29 is 9.10 Å². The van der Waals surface area contributed by atoms with Crippen molar-refractivity contribution in [2.24, 2.45) is 0 Å². The van der Waals surface area contributed by atoms with Crippen molar-refractivity contribution in [3.05, 3.63) is 12.0 Å². The molecule has 1 atom stereocenters. The molecule has 0 N–H and O–H groups in total. The fourth-order valence-electron chi connectivity index (χ4n) is 0.603. The Balaban J connectivity index is 4.29. The van der Waals surface area contributed by atoms with E-state index in [0.29, 0.717) is 0 Å². The maximum atomic E-state index is 5.01. The average molecular weight is 175 g/mol. The normalized spacial score (nSPS) is 10.8. The Kier molecular flexibility index (Phi) is 4.88. The largest absolute Gasteiger partial charge is 0.473 e. The number of allylic oxidation sites excluding steroid dienone is 1. The maximum Gasteiger partial charge on any atom is 0.207 e. The van der Waals surface area contributed by atoms with Crippen LogP contribution in [0.3, 0.4) is 0 Å². The summed E-state index contributed by atoms with van der Waals surface area (Å²) in [6.07, 6.45) is 3.79. The van der Waals surface area contributed by atoms with Gasteiger partial charge in [-0.15, -0.1) is 0 Å². The molecule has 11 heavy (non-hydrogen) atoms. The van der Waals surface area contributed by atoms with E-state index in [2.05, 4.69) is 9.47 Å². The van der Waals surface area contributed by atoms with E-state index in [1.54, 1.807) is 0 Å². The van der Waals surface area contributed by atoms with Crippen LogP contribution < -0.4 is 0 Å². The van der Waals surface area contributed by atoms with Gasteiger partial charge in [0.1, 0.15) is 14.1 Å². The highest BCUT2D eigenvalue weighted by atomic mass is 31.0. The quantitative estimate of drug-likeness (QED) is 0.269. The lowest BCUT2D eigenvalue weighted by Gasteiger charge is -2.05. The van der Waals surface area contributed by atoms with Crippen molar-refractivity contribution in [1.82, 2.24) is 4.90 Å². The maximum absolute atomic E-state index is 5.01. The smallest absolute Gasteiger partial charge is 0.207 e. The zero-order valence-electron chi connectivity index (χ0n) is 7.53. The third-order valence-electron chi connectivity index (χ3n) is 0.907. The van der Waals surface area contributed by atoms with Gasteiger partial charge in [0.25, 0.3) is 0 Å². The van der Waals surface area contributed by atoms with Crippen LogP contribution in [0, 0.1) is 0 Å². The summed E-state index contributed by atoms with van der Waals surface area (Å²) in [7, 11) is 10.0. The Morgan fingerprint density at radius 2 is 2.00 bits per heavy atom. The Morgan fingerprint density at radius 3 is 2.27 bits per heavy atom. The molecule has 0 heterocycles. The van der Waals surface area contributed by atoms with Crippen molar-refractivity contribution >= 4 is 15.7 Å². The topological polar surface area (TPSA) is 15.5 Å². The molecule has 3 nitrogen and oxygen atoms in total. The Labute approximate surface area is 70.6 Å². The molecule has 0 bridgehead atoms. The van der Waals surface area contributed by atoms with Crippen LogP contribution in [0.25, 0.3) is 0 Å². The van der Waals surface area contributed by atoms with Gasteiger partial charge in [-0.25, -0.2) is 4.58 Å². The fourth-order valence-corrected chi connectivity index (χ4v) is 0.725. The summed E-state index contributed by atoms with van der Waals surface area (Å²) >= 11 is 0. The molecule has 0 saturated carbocycles. The summed E-state index contributed by atoms with van der Waals surface area (Å²) in [4.78, 5) is 1.93. The van der Waals surface area contributed by atoms with E-state index in [9.17, 15) is 0 Å². The summed E-state index contributed by atoms with van der Waals surface area (Å²) in [5.41, 5.74) is 0. The number of nitrogens with zero attached hydrogens (tertiary/aromatic N) is 2. The van der Waals surface area contributed by atoms with Crippen molar-refractivity contribution in [3.63, 3.8) is 0 Å². The van der Waals surface area contributed by atoms with Gasteiger partial charge in [-0.3, -0.25) is 0 Å². The first-order chi connectivity index (χ1) is 5.06. The van der Waals surface area contributed by atoms with Crippen LogP contribution in [-0.4, -0.2) is 43.9 Å². The summed E-state index contributed by atoms with van der Waals surface area (Å²) in [6.45, 7) is 0. The molecule has 0 radical (unpaired) electrons. The first kappa shape index (κ1) is 10.4. The Hall–Kier alpha value is -0.560. The van der Waals surface area contributed by atoms with Gasteiger partial charge < -0.3 is 9.42 Å². The molecule has 0 aromatic rings. The van der Waals surface area contributed by atoms with Gasteiger partial charge >= 0.3 is 0 Å². The van der Waals surface area contributed by atoms with Crippen molar-refractivity contribution in [2.75, 3.05) is 28.2 Å². The summed E-state index contributed by atoms with van der Waals surface area (Å²) < 4.78 is 6.94. The van der Waals surface area contributed by atoms with Crippen molar-refractivity contribution in [3.8, 4) is 0 Å². The predicted molar refractivity (Wildman–Crippen MR) is 50.7 cm³/mol. The highest BCUT2D eigenvalue weighted by Gasteiger charge is 1.96. The number of hydrogen-bond acceptors (Lipinski definition) is 2. The highest BCUT2D eigenvalue weighted by Crippen LogP contribution is 1.99. The molecule has 64 valence electrons. The van der Waals surface area contributed by atoms with Gasteiger partial charge in [0, 0.05) is 20.3 Å². The lowest BCUT2D eigenvalue weighted by Crippen LogP contribution is -2.07. The Morgan fingerprint density at radius 1 is 1.45 bits per heavy atom.